The number of quaternary nitrogens is 1. The number of ether oxygens (including phenoxy) is 1. The van der Waals surface area contributed by atoms with Gasteiger partial charge in [-0.15, -0.1) is 0 Å². The average molecular weight is 256 g/mol. The summed E-state index contributed by atoms with van der Waals surface area (Å²) >= 11 is 0. The summed E-state index contributed by atoms with van der Waals surface area (Å²) in [5.41, 5.74) is 2.47. The Morgan fingerprint density at radius 1 is 0.842 bits per heavy atom. The normalized spacial score (nSPS) is 10.7. The summed E-state index contributed by atoms with van der Waals surface area (Å²) in [7, 11) is 4.32. The maximum Gasteiger partial charge on any atom is 0.119 e. The van der Waals surface area contributed by atoms with Gasteiger partial charge in [-0.2, -0.15) is 0 Å². The minimum atomic E-state index is 0.788. The number of rotatable bonds is 6. The first-order valence-electron chi connectivity index (χ1n) is 6.83. The molecule has 0 spiro atoms. The van der Waals surface area contributed by atoms with Gasteiger partial charge in [0, 0.05) is 6.42 Å². The molecule has 2 nitrogen and oxygen atoms in total. The van der Waals surface area contributed by atoms with Crippen molar-refractivity contribution in [3.05, 3.63) is 54.6 Å². The molecule has 0 heterocycles. The van der Waals surface area contributed by atoms with E-state index in [1.54, 1.807) is 0 Å². The van der Waals surface area contributed by atoms with E-state index in [1.807, 2.05) is 18.2 Å². The van der Waals surface area contributed by atoms with E-state index in [0.717, 1.165) is 25.3 Å². The number of hydrogen-bond acceptors (Lipinski definition) is 1. The fourth-order valence-corrected chi connectivity index (χ4v) is 1.99. The number of hydrogen-bond donors (Lipinski definition) is 1. The Kier molecular flexibility index (Phi) is 4.99. The van der Waals surface area contributed by atoms with Gasteiger partial charge in [-0.25, -0.2) is 0 Å². The van der Waals surface area contributed by atoms with Crippen LogP contribution in [0.2, 0.25) is 0 Å². The van der Waals surface area contributed by atoms with Gasteiger partial charge >= 0.3 is 0 Å². The first-order chi connectivity index (χ1) is 9.25. The quantitative estimate of drug-likeness (QED) is 0.783. The van der Waals surface area contributed by atoms with Crippen LogP contribution in [0.4, 0.5) is 0 Å². The zero-order valence-corrected chi connectivity index (χ0v) is 11.7. The average Bonchev–Trinajstić information content (AvgIpc) is 2.45. The van der Waals surface area contributed by atoms with Gasteiger partial charge in [-0.05, 0) is 23.3 Å². The van der Waals surface area contributed by atoms with Gasteiger partial charge in [-0.3, -0.25) is 0 Å². The van der Waals surface area contributed by atoms with E-state index in [4.69, 9.17) is 4.74 Å². The van der Waals surface area contributed by atoms with Gasteiger partial charge in [0.25, 0.3) is 0 Å². The molecule has 0 bridgehead atoms. The molecule has 0 saturated heterocycles. The second kappa shape index (κ2) is 6.95. The molecule has 2 aromatic rings. The summed E-state index contributed by atoms with van der Waals surface area (Å²) in [5.74, 6) is 0.952. The lowest BCUT2D eigenvalue weighted by atomic mass is 10.1. The third kappa shape index (κ3) is 4.42. The van der Waals surface area contributed by atoms with Crippen molar-refractivity contribution in [1.29, 1.82) is 0 Å². The number of nitrogens with one attached hydrogen (secondary N) is 1. The van der Waals surface area contributed by atoms with Crippen molar-refractivity contribution in [2.75, 3.05) is 27.2 Å². The standard InChI is InChI=1S/C17H21NO/c1-18(2)13-6-14-19-17-11-9-16(10-12-17)15-7-4-3-5-8-15/h3-5,7-12H,6,13-14H2,1-2H3/p+1. The molecule has 2 heteroatoms. The fourth-order valence-electron chi connectivity index (χ4n) is 1.99. The molecule has 100 valence electrons. The van der Waals surface area contributed by atoms with Crippen LogP contribution in [0, 0.1) is 0 Å². The van der Waals surface area contributed by atoms with Crippen LogP contribution in [0.3, 0.4) is 0 Å². The molecular formula is C17H22NO+. The molecule has 0 aliphatic carbocycles. The summed E-state index contributed by atoms with van der Waals surface area (Å²) < 4.78 is 5.73. The van der Waals surface area contributed by atoms with Crippen LogP contribution in [-0.4, -0.2) is 27.2 Å². The van der Waals surface area contributed by atoms with Gasteiger partial charge in [0.15, 0.2) is 0 Å². The lowest BCUT2D eigenvalue weighted by Crippen LogP contribution is -3.05. The first kappa shape index (κ1) is 13.6. The van der Waals surface area contributed by atoms with E-state index in [1.165, 1.54) is 16.0 Å². The SMILES string of the molecule is C[NH+](C)CCCOc1ccc(-c2ccccc2)cc1. The minimum absolute atomic E-state index is 0.788. The largest absolute Gasteiger partial charge is 0.493 e. The van der Waals surface area contributed by atoms with E-state index in [2.05, 4.69) is 50.5 Å². The van der Waals surface area contributed by atoms with Gasteiger partial charge < -0.3 is 9.64 Å². The molecule has 2 aromatic carbocycles. The molecule has 0 unspecified atom stereocenters. The monoisotopic (exact) mass is 256 g/mol. The van der Waals surface area contributed by atoms with Gasteiger partial charge in [0.1, 0.15) is 5.75 Å². The smallest absolute Gasteiger partial charge is 0.119 e. The van der Waals surface area contributed by atoms with Crippen LogP contribution >= 0.6 is 0 Å². The Labute approximate surface area is 115 Å². The molecule has 0 radical (unpaired) electrons. The Morgan fingerprint density at radius 3 is 2.11 bits per heavy atom. The second-order valence-corrected chi connectivity index (χ2v) is 5.05. The zero-order valence-electron chi connectivity index (χ0n) is 11.7. The molecule has 0 atom stereocenters. The van der Waals surface area contributed by atoms with E-state index >= 15 is 0 Å². The maximum absolute atomic E-state index is 5.73. The van der Waals surface area contributed by atoms with Crippen LogP contribution in [0.1, 0.15) is 6.42 Å². The van der Waals surface area contributed by atoms with Crippen molar-refractivity contribution in [1.82, 2.24) is 0 Å². The topological polar surface area (TPSA) is 13.7 Å². The van der Waals surface area contributed by atoms with Crippen LogP contribution < -0.4 is 9.64 Å². The summed E-state index contributed by atoms with van der Waals surface area (Å²) in [4.78, 5) is 1.46. The Balaban J connectivity index is 1.88. The van der Waals surface area contributed by atoms with Crippen molar-refractivity contribution in [2.45, 2.75) is 6.42 Å². The third-order valence-electron chi connectivity index (χ3n) is 3.05. The Morgan fingerprint density at radius 2 is 1.47 bits per heavy atom. The molecule has 0 amide bonds. The highest BCUT2D eigenvalue weighted by Crippen LogP contribution is 2.21. The molecular weight excluding hydrogens is 234 g/mol. The molecule has 19 heavy (non-hydrogen) atoms. The van der Waals surface area contributed by atoms with Crippen molar-refractivity contribution < 1.29 is 9.64 Å². The molecule has 0 aliphatic heterocycles. The van der Waals surface area contributed by atoms with Crippen LogP contribution in [0.25, 0.3) is 11.1 Å². The fraction of sp³-hybridized carbons (Fsp3) is 0.294. The van der Waals surface area contributed by atoms with Gasteiger partial charge in [-0.1, -0.05) is 42.5 Å². The lowest BCUT2D eigenvalue weighted by Gasteiger charge is -2.09. The predicted octanol–water partition coefficient (Wildman–Crippen LogP) is 2.27. The van der Waals surface area contributed by atoms with E-state index in [9.17, 15) is 0 Å². The van der Waals surface area contributed by atoms with Crippen molar-refractivity contribution in [3.8, 4) is 16.9 Å². The van der Waals surface area contributed by atoms with Crippen LogP contribution in [0.15, 0.2) is 54.6 Å². The molecule has 0 aromatic heterocycles. The van der Waals surface area contributed by atoms with Crippen molar-refractivity contribution in [2.24, 2.45) is 0 Å². The van der Waals surface area contributed by atoms with Crippen LogP contribution in [0.5, 0.6) is 5.75 Å². The second-order valence-electron chi connectivity index (χ2n) is 5.05. The highest BCUT2D eigenvalue weighted by atomic mass is 16.5. The van der Waals surface area contributed by atoms with Crippen molar-refractivity contribution in [3.63, 3.8) is 0 Å². The summed E-state index contributed by atoms with van der Waals surface area (Å²) in [6.45, 7) is 1.93. The highest BCUT2D eigenvalue weighted by Gasteiger charge is 1.99. The van der Waals surface area contributed by atoms with E-state index < -0.39 is 0 Å². The van der Waals surface area contributed by atoms with E-state index in [-0.39, 0.29) is 0 Å². The summed E-state index contributed by atoms with van der Waals surface area (Å²) in [6.07, 6.45) is 1.09. The Bertz CT molecular complexity index is 476. The maximum atomic E-state index is 5.73. The molecule has 0 saturated carbocycles. The molecule has 1 N–H and O–H groups in total. The number of benzene rings is 2. The van der Waals surface area contributed by atoms with Gasteiger partial charge in [0.05, 0.1) is 27.2 Å². The minimum Gasteiger partial charge on any atom is -0.493 e. The third-order valence-corrected chi connectivity index (χ3v) is 3.05. The predicted molar refractivity (Wildman–Crippen MR) is 79.7 cm³/mol. The Hall–Kier alpha value is -1.80. The van der Waals surface area contributed by atoms with Crippen molar-refractivity contribution >= 4 is 0 Å². The first-order valence-corrected chi connectivity index (χ1v) is 6.83. The zero-order chi connectivity index (χ0) is 13.5. The van der Waals surface area contributed by atoms with Crippen LogP contribution in [-0.2, 0) is 0 Å². The molecule has 2 rings (SSSR count). The lowest BCUT2D eigenvalue weighted by molar-refractivity contribution is -0.858. The summed E-state index contributed by atoms with van der Waals surface area (Å²) in [5, 5.41) is 0. The van der Waals surface area contributed by atoms with Gasteiger partial charge in [0.2, 0.25) is 0 Å². The summed E-state index contributed by atoms with van der Waals surface area (Å²) in [6, 6.07) is 18.7. The highest BCUT2D eigenvalue weighted by molar-refractivity contribution is 5.63. The molecule has 0 fully saturated rings. The molecule has 0 aliphatic rings. The van der Waals surface area contributed by atoms with E-state index in [0.29, 0.717) is 0 Å².